The number of nitrogens with one attached hydrogen (secondary N) is 4. The molecule has 3 amide bonds. The normalized spacial score (nSPS) is 14.0. The molecule has 134 valence electrons. The average Bonchev–Trinajstić information content (AvgIpc) is 2.99. The number of carbonyl (C=O) groups is 2. The minimum Gasteiger partial charge on any atom is -0.351 e. The predicted octanol–water partition coefficient (Wildman–Crippen LogP) is 1.46. The second kappa shape index (κ2) is 8.00. The molecule has 0 spiro atoms. The van der Waals surface area contributed by atoms with Crippen LogP contribution in [0.3, 0.4) is 0 Å². The van der Waals surface area contributed by atoms with Crippen molar-refractivity contribution >= 4 is 30.0 Å². The fourth-order valence-electron chi connectivity index (χ4n) is 2.76. The van der Waals surface area contributed by atoms with Gasteiger partial charge in [0, 0.05) is 36.5 Å². The van der Waals surface area contributed by atoms with Gasteiger partial charge in [-0.1, -0.05) is 12.1 Å². The van der Waals surface area contributed by atoms with E-state index in [0.717, 1.165) is 29.8 Å². The van der Waals surface area contributed by atoms with Crippen LogP contribution in [0, 0.1) is 0 Å². The van der Waals surface area contributed by atoms with Crippen LogP contribution in [0.25, 0.3) is 0 Å². The predicted molar refractivity (Wildman–Crippen MR) is 96.8 cm³/mol. The summed E-state index contributed by atoms with van der Waals surface area (Å²) in [6.45, 7) is 3.43. The molecule has 3 rings (SSSR count). The maximum atomic E-state index is 12.5. The number of halogens is 1. The lowest BCUT2D eigenvalue weighted by molar-refractivity contribution is 0.0933. The van der Waals surface area contributed by atoms with Crippen LogP contribution < -0.4 is 21.7 Å². The number of carbonyl (C=O) groups excluding carboxylic acids is 2. The molecule has 0 saturated heterocycles. The molecule has 6 N–H and O–H groups in total. The van der Waals surface area contributed by atoms with Crippen molar-refractivity contribution in [2.75, 3.05) is 11.9 Å². The van der Waals surface area contributed by atoms with E-state index in [1.165, 1.54) is 0 Å². The zero-order valence-corrected chi connectivity index (χ0v) is 14.6. The number of rotatable bonds is 4. The van der Waals surface area contributed by atoms with Gasteiger partial charge in [-0.25, -0.2) is 4.79 Å². The van der Waals surface area contributed by atoms with E-state index in [4.69, 9.17) is 5.73 Å². The molecule has 1 aliphatic rings. The van der Waals surface area contributed by atoms with Crippen molar-refractivity contribution in [1.29, 1.82) is 0 Å². The lowest BCUT2D eigenvalue weighted by Gasteiger charge is -2.16. The number of aromatic amines is 1. The smallest absolute Gasteiger partial charge is 0.316 e. The van der Waals surface area contributed by atoms with Crippen LogP contribution in [0.5, 0.6) is 0 Å². The van der Waals surface area contributed by atoms with Gasteiger partial charge >= 0.3 is 6.03 Å². The third-order valence-corrected chi connectivity index (χ3v) is 4.05. The number of H-pyrrole nitrogens is 1. The molecule has 2 aromatic rings. The topological polar surface area (TPSA) is 125 Å². The molecule has 0 fully saturated rings. The van der Waals surface area contributed by atoms with E-state index in [1.807, 2.05) is 19.1 Å². The van der Waals surface area contributed by atoms with Crippen LogP contribution >= 0.6 is 12.4 Å². The molecule has 1 atom stereocenters. The number of primary amides is 1. The minimum atomic E-state index is -0.610. The summed E-state index contributed by atoms with van der Waals surface area (Å²) in [5, 5.41) is 15.8. The van der Waals surface area contributed by atoms with Gasteiger partial charge in [0.05, 0.1) is 6.04 Å². The van der Waals surface area contributed by atoms with Gasteiger partial charge in [-0.2, -0.15) is 5.10 Å². The quantitative estimate of drug-likeness (QED) is 0.563. The van der Waals surface area contributed by atoms with Crippen LogP contribution in [0.15, 0.2) is 24.3 Å². The fraction of sp³-hybridized carbons (Fsp3) is 0.312. The first-order chi connectivity index (χ1) is 11.5. The molecule has 9 heteroatoms. The molecule has 0 aliphatic carbocycles. The maximum absolute atomic E-state index is 12.5. The zero-order valence-electron chi connectivity index (χ0n) is 13.8. The number of urea groups is 1. The Labute approximate surface area is 151 Å². The zero-order chi connectivity index (χ0) is 17.1. The number of amides is 3. The molecule has 2 heterocycles. The molecule has 0 saturated carbocycles. The van der Waals surface area contributed by atoms with Crippen molar-refractivity contribution in [2.45, 2.75) is 25.9 Å². The Balaban J connectivity index is 0.00000225. The summed E-state index contributed by atoms with van der Waals surface area (Å²) >= 11 is 0. The van der Waals surface area contributed by atoms with Gasteiger partial charge in [-0.15, -0.1) is 12.4 Å². The Hall–Kier alpha value is -2.58. The lowest BCUT2D eigenvalue weighted by atomic mass is 10.1. The number of anilines is 1. The van der Waals surface area contributed by atoms with Gasteiger partial charge in [0.1, 0.15) is 0 Å². The SMILES string of the molecule is CC(NC(=O)c1n[nH]c2c1CNCC2)c1ccc(NC(N)=O)cc1.Cl. The first-order valence-electron chi connectivity index (χ1n) is 7.78. The minimum absolute atomic E-state index is 0. The molecule has 1 aromatic heterocycles. The number of nitrogens with two attached hydrogens (primary N) is 1. The molecule has 8 nitrogen and oxygen atoms in total. The highest BCUT2D eigenvalue weighted by molar-refractivity contribution is 5.94. The van der Waals surface area contributed by atoms with Crippen molar-refractivity contribution in [2.24, 2.45) is 5.73 Å². The van der Waals surface area contributed by atoms with Gasteiger partial charge in [-0.05, 0) is 24.6 Å². The Morgan fingerprint density at radius 1 is 1.28 bits per heavy atom. The molecule has 1 aliphatic heterocycles. The second-order valence-electron chi connectivity index (χ2n) is 5.76. The summed E-state index contributed by atoms with van der Waals surface area (Å²) in [7, 11) is 0. The van der Waals surface area contributed by atoms with Crippen molar-refractivity contribution in [3.63, 3.8) is 0 Å². The molecule has 1 unspecified atom stereocenters. The number of hydrogen-bond donors (Lipinski definition) is 5. The fourth-order valence-corrected chi connectivity index (χ4v) is 2.76. The summed E-state index contributed by atoms with van der Waals surface area (Å²) in [6, 6.07) is 6.34. The van der Waals surface area contributed by atoms with Crippen molar-refractivity contribution in [3.05, 3.63) is 46.8 Å². The van der Waals surface area contributed by atoms with E-state index >= 15 is 0 Å². The van der Waals surface area contributed by atoms with Crippen LogP contribution in [0.1, 0.15) is 40.3 Å². The lowest BCUT2D eigenvalue weighted by Crippen LogP contribution is -2.30. The highest BCUT2D eigenvalue weighted by Crippen LogP contribution is 2.19. The van der Waals surface area contributed by atoms with Gasteiger partial charge in [-0.3, -0.25) is 9.89 Å². The van der Waals surface area contributed by atoms with Crippen LogP contribution in [-0.2, 0) is 13.0 Å². The van der Waals surface area contributed by atoms with E-state index in [0.29, 0.717) is 17.9 Å². The second-order valence-corrected chi connectivity index (χ2v) is 5.76. The van der Waals surface area contributed by atoms with Crippen molar-refractivity contribution in [3.8, 4) is 0 Å². The van der Waals surface area contributed by atoms with Crippen molar-refractivity contribution in [1.82, 2.24) is 20.8 Å². The highest BCUT2D eigenvalue weighted by atomic mass is 35.5. The van der Waals surface area contributed by atoms with Gasteiger partial charge in [0.2, 0.25) is 0 Å². The van der Waals surface area contributed by atoms with Crippen LogP contribution in [0.4, 0.5) is 10.5 Å². The maximum Gasteiger partial charge on any atom is 0.316 e. The van der Waals surface area contributed by atoms with Gasteiger partial charge in [0.25, 0.3) is 5.91 Å². The van der Waals surface area contributed by atoms with Gasteiger partial charge in [0.15, 0.2) is 5.69 Å². The standard InChI is InChI=1S/C16H20N6O2.ClH/c1-9(10-2-4-11(5-3-10)20-16(17)24)19-15(23)14-12-8-18-7-6-13(12)21-22-14;/h2-5,9,18H,6-8H2,1H3,(H,19,23)(H,21,22)(H3,17,20,24);1H. The molecular weight excluding hydrogens is 344 g/mol. The number of nitrogens with zero attached hydrogens (tertiary/aromatic N) is 1. The molecule has 0 radical (unpaired) electrons. The monoisotopic (exact) mass is 364 g/mol. The third kappa shape index (κ3) is 4.28. The number of fused-ring (bicyclic) bond motifs is 1. The average molecular weight is 365 g/mol. The summed E-state index contributed by atoms with van der Waals surface area (Å²) in [5.74, 6) is -0.206. The van der Waals surface area contributed by atoms with E-state index in [9.17, 15) is 9.59 Å². The highest BCUT2D eigenvalue weighted by Gasteiger charge is 2.22. The number of benzene rings is 1. The summed E-state index contributed by atoms with van der Waals surface area (Å²) in [6.07, 6.45) is 0.847. The van der Waals surface area contributed by atoms with E-state index in [2.05, 4.69) is 26.1 Å². The van der Waals surface area contributed by atoms with E-state index < -0.39 is 6.03 Å². The largest absolute Gasteiger partial charge is 0.351 e. The Morgan fingerprint density at radius 3 is 2.68 bits per heavy atom. The molecule has 25 heavy (non-hydrogen) atoms. The summed E-state index contributed by atoms with van der Waals surface area (Å²) in [5.41, 5.74) is 9.00. The summed E-state index contributed by atoms with van der Waals surface area (Å²) in [4.78, 5) is 23.3. The number of hydrogen-bond acceptors (Lipinski definition) is 4. The Morgan fingerprint density at radius 2 is 2.00 bits per heavy atom. The first-order valence-corrected chi connectivity index (χ1v) is 7.78. The molecule has 0 bridgehead atoms. The Kier molecular flexibility index (Phi) is 6.00. The molecular formula is C16H21ClN6O2. The van der Waals surface area contributed by atoms with Crippen molar-refractivity contribution < 1.29 is 9.59 Å². The third-order valence-electron chi connectivity index (χ3n) is 4.05. The number of aromatic nitrogens is 2. The van der Waals surface area contributed by atoms with E-state index in [-0.39, 0.29) is 24.4 Å². The first kappa shape index (κ1) is 18.8. The van der Waals surface area contributed by atoms with Gasteiger partial charge < -0.3 is 21.7 Å². The van der Waals surface area contributed by atoms with Crippen LogP contribution in [-0.4, -0.2) is 28.7 Å². The molecule has 1 aromatic carbocycles. The van der Waals surface area contributed by atoms with Crippen LogP contribution in [0.2, 0.25) is 0 Å². The Bertz CT molecular complexity index is 758. The van der Waals surface area contributed by atoms with E-state index in [1.54, 1.807) is 12.1 Å². The summed E-state index contributed by atoms with van der Waals surface area (Å²) < 4.78 is 0.